The molecule has 1 aromatic heterocycles. The van der Waals surface area contributed by atoms with Crippen molar-refractivity contribution in [3.8, 4) is 5.75 Å². The summed E-state index contributed by atoms with van der Waals surface area (Å²) in [4.78, 5) is 14.7. The quantitative estimate of drug-likeness (QED) is 0.903. The zero-order chi connectivity index (χ0) is 13.8. The van der Waals surface area contributed by atoms with E-state index in [1.54, 1.807) is 13.2 Å². The van der Waals surface area contributed by atoms with Gasteiger partial charge in [-0.25, -0.2) is 9.78 Å². The number of pyridine rings is 1. The number of halogens is 1. The van der Waals surface area contributed by atoms with Crippen molar-refractivity contribution in [2.45, 2.75) is 0 Å². The minimum atomic E-state index is -0.994. The van der Waals surface area contributed by atoms with Gasteiger partial charge in [0.1, 0.15) is 11.6 Å². The normalized spacial score (nSPS) is 10.0. The molecule has 1 aromatic carbocycles. The van der Waals surface area contributed by atoms with Crippen LogP contribution in [0.2, 0.25) is 0 Å². The summed E-state index contributed by atoms with van der Waals surface area (Å²) in [5, 5.41) is 11.9. The molecular formula is C13H11BrN2O3. The first-order valence-corrected chi connectivity index (χ1v) is 6.19. The number of benzene rings is 1. The molecule has 1 heterocycles. The maximum atomic E-state index is 10.7. The van der Waals surface area contributed by atoms with Crippen LogP contribution in [0.25, 0.3) is 0 Å². The number of ether oxygens (including phenoxy) is 1. The second kappa shape index (κ2) is 5.71. The van der Waals surface area contributed by atoms with Crippen molar-refractivity contribution >= 4 is 33.4 Å². The van der Waals surface area contributed by atoms with E-state index < -0.39 is 5.97 Å². The van der Waals surface area contributed by atoms with Crippen molar-refractivity contribution in [2.75, 3.05) is 12.4 Å². The fourth-order valence-electron chi connectivity index (χ4n) is 1.49. The maximum Gasteiger partial charge on any atom is 0.337 e. The van der Waals surface area contributed by atoms with Gasteiger partial charge in [0.05, 0.1) is 17.1 Å². The van der Waals surface area contributed by atoms with E-state index in [1.807, 2.05) is 18.2 Å². The molecule has 6 heteroatoms. The number of anilines is 2. The Morgan fingerprint density at radius 2 is 2.16 bits per heavy atom. The summed E-state index contributed by atoms with van der Waals surface area (Å²) in [5.74, 6) is 0.313. The number of carboxylic acids is 1. The highest BCUT2D eigenvalue weighted by Gasteiger charge is 2.04. The molecule has 0 aliphatic carbocycles. The molecule has 0 atom stereocenters. The molecule has 2 rings (SSSR count). The number of hydrogen-bond acceptors (Lipinski definition) is 4. The molecule has 0 unspecified atom stereocenters. The smallest absolute Gasteiger partial charge is 0.337 e. The van der Waals surface area contributed by atoms with E-state index in [4.69, 9.17) is 9.84 Å². The summed E-state index contributed by atoms with van der Waals surface area (Å²) in [7, 11) is 1.60. The number of carbonyl (C=O) groups is 1. The van der Waals surface area contributed by atoms with Crippen LogP contribution in [0.4, 0.5) is 11.5 Å². The van der Waals surface area contributed by atoms with E-state index in [-0.39, 0.29) is 5.56 Å². The predicted octanol–water partition coefficient (Wildman–Crippen LogP) is 3.29. The molecule has 0 fully saturated rings. The highest BCUT2D eigenvalue weighted by molar-refractivity contribution is 9.10. The molecule has 0 spiro atoms. The number of hydrogen-bond donors (Lipinski definition) is 2. The third-order valence-corrected chi connectivity index (χ3v) is 3.05. The second-order valence-corrected chi connectivity index (χ2v) is 4.57. The Bertz CT molecular complexity index is 599. The minimum absolute atomic E-state index is 0.154. The first-order chi connectivity index (χ1) is 9.10. The Hall–Kier alpha value is -2.08. The molecule has 98 valence electrons. The zero-order valence-corrected chi connectivity index (χ0v) is 11.6. The first kappa shape index (κ1) is 13.4. The van der Waals surface area contributed by atoms with Crippen LogP contribution in [0.5, 0.6) is 5.75 Å². The van der Waals surface area contributed by atoms with Crippen LogP contribution >= 0.6 is 15.9 Å². The fraction of sp³-hybridized carbons (Fsp3) is 0.0769. The van der Waals surface area contributed by atoms with Gasteiger partial charge in [-0.05, 0) is 46.3 Å². The lowest BCUT2D eigenvalue weighted by Crippen LogP contribution is -1.99. The van der Waals surface area contributed by atoms with Gasteiger partial charge in [0.25, 0.3) is 0 Å². The van der Waals surface area contributed by atoms with Gasteiger partial charge in [0, 0.05) is 11.9 Å². The molecule has 0 amide bonds. The minimum Gasteiger partial charge on any atom is -0.496 e. The van der Waals surface area contributed by atoms with Crippen LogP contribution in [0, 0.1) is 0 Å². The highest BCUT2D eigenvalue weighted by atomic mass is 79.9. The van der Waals surface area contributed by atoms with Crippen molar-refractivity contribution < 1.29 is 14.6 Å². The first-order valence-electron chi connectivity index (χ1n) is 5.40. The third-order valence-electron chi connectivity index (χ3n) is 2.43. The van der Waals surface area contributed by atoms with E-state index >= 15 is 0 Å². The largest absolute Gasteiger partial charge is 0.496 e. The van der Waals surface area contributed by atoms with Crippen LogP contribution in [0.15, 0.2) is 41.0 Å². The van der Waals surface area contributed by atoms with Crippen LogP contribution in [-0.2, 0) is 0 Å². The highest BCUT2D eigenvalue weighted by Crippen LogP contribution is 2.28. The maximum absolute atomic E-state index is 10.7. The van der Waals surface area contributed by atoms with Gasteiger partial charge in [-0.1, -0.05) is 0 Å². The number of aromatic carboxylic acids is 1. The van der Waals surface area contributed by atoms with Crippen molar-refractivity contribution in [3.05, 3.63) is 46.6 Å². The predicted molar refractivity (Wildman–Crippen MR) is 75.2 cm³/mol. The van der Waals surface area contributed by atoms with Gasteiger partial charge in [-0.2, -0.15) is 0 Å². The van der Waals surface area contributed by atoms with Crippen molar-refractivity contribution in [1.82, 2.24) is 4.98 Å². The number of rotatable bonds is 4. The van der Waals surface area contributed by atoms with E-state index in [0.29, 0.717) is 5.82 Å². The van der Waals surface area contributed by atoms with E-state index in [2.05, 4.69) is 26.2 Å². The van der Waals surface area contributed by atoms with Gasteiger partial charge in [-0.3, -0.25) is 0 Å². The van der Waals surface area contributed by atoms with E-state index in [0.717, 1.165) is 15.9 Å². The molecule has 5 nitrogen and oxygen atoms in total. The van der Waals surface area contributed by atoms with Gasteiger partial charge in [0.2, 0.25) is 0 Å². The zero-order valence-electron chi connectivity index (χ0n) is 10.1. The van der Waals surface area contributed by atoms with Gasteiger partial charge < -0.3 is 15.2 Å². The average molecular weight is 323 g/mol. The van der Waals surface area contributed by atoms with Crippen LogP contribution in [-0.4, -0.2) is 23.2 Å². The Kier molecular flexibility index (Phi) is 4.01. The molecule has 19 heavy (non-hydrogen) atoms. The van der Waals surface area contributed by atoms with E-state index in [9.17, 15) is 4.79 Å². The Labute approximate surface area is 118 Å². The van der Waals surface area contributed by atoms with Crippen molar-refractivity contribution in [1.29, 1.82) is 0 Å². The van der Waals surface area contributed by atoms with Gasteiger partial charge in [0.15, 0.2) is 0 Å². The molecule has 0 saturated heterocycles. The topological polar surface area (TPSA) is 71.5 Å². The summed E-state index contributed by atoms with van der Waals surface area (Å²) in [6.45, 7) is 0. The number of nitrogens with one attached hydrogen (secondary N) is 1. The monoisotopic (exact) mass is 322 g/mol. The van der Waals surface area contributed by atoms with Gasteiger partial charge in [-0.15, -0.1) is 0 Å². The Balaban J connectivity index is 2.16. The standard InChI is InChI=1S/C13H11BrN2O3/c1-19-11-4-3-9(6-10(11)14)16-12-5-2-8(7-15-12)13(17)18/h2-7H,1H3,(H,15,16)(H,17,18). The molecule has 0 saturated carbocycles. The summed E-state index contributed by atoms with van der Waals surface area (Å²) >= 11 is 3.39. The molecule has 0 aliphatic heterocycles. The lowest BCUT2D eigenvalue weighted by Gasteiger charge is -2.08. The molecule has 2 aromatic rings. The number of methoxy groups -OCH3 is 1. The Morgan fingerprint density at radius 1 is 1.37 bits per heavy atom. The molecule has 2 N–H and O–H groups in total. The van der Waals surface area contributed by atoms with Crippen LogP contribution < -0.4 is 10.1 Å². The lowest BCUT2D eigenvalue weighted by atomic mass is 10.2. The summed E-state index contributed by atoms with van der Waals surface area (Å²) in [6.07, 6.45) is 1.31. The van der Waals surface area contributed by atoms with Crippen molar-refractivity contribution in [3.63, 3.8) is 0 Å². The van der Waals surface area contributed by atoms with Crippen LogP contribution in [0.3, 0.4) is 0 Å². The second-order valence-electron chi connectivity index (χ2n) is 3.71. The van der Waals surface area contributed by atoms with Crippen molar-refractivity contribution in [2.24, 2.45) is 0 Å². The van der Waals surface area contributed by atoms with Crippen LogP contribution in [0.1, 0.15) is 10.4 Å². The lowest BCUT2D eigenvalue weighted by molar-refractivity contribution is 0.0696. The number of nitrogens with zero attached hydrogens (tertiary/aromatic N) is 1. The SMILES string of the molecule is COc1ccc(Nc2ccc(C(=O)O)cn2)cc1Br. The van der Waals surface area contributed by atoms with Gasteiger partial charge >= 0.3 is 5.97 Å². The summed E-state index contributed by atoms with van der Waals surface area (Å²) in [5.41, 5.74) is 0.977. The molecule has 0 aliphatic rings. The number of carboxylic acid groups (broad SMARTS) is 1. The Morgan fingerprint density at radius 3 is 2.68 bits per heavy atom. The van der Waals surface area contributed by atoms with E-state index in [1.165, 1.54) is 12.3 Å². The third kappa shape index (κ3) is 3.23. The number of aromatic nitrogens is 1. The molecule has 0 bridgehead atoms. The molecule has 0 radical (unpaired) electrons. The summed E-state index contributed by atoms with van der Waals surface area (Å²) in [6, 6.07) is 8.62. The fourth-order valence-corrected chi connectivity index (χ4v) is 2.03. The average Bonchev–Trinajstić information content (AvgIpc) is 2.39. The summed E-state index contributed by atoms with van der Waals surface area (Å²) < 4.78 is 5.96. The molecular weight excluding hydrogens is 312 g/mol.